The van der Waals surface area contributed by atoms with Gasteiger partial charge in [-0.1, -0.05) is 56.5 Å². The van der Waals surface area contributed by atoms with Crippen LogP contribution in [0.25, 0.3) is 0 Å². The van der Waals surface area contributed by atoms with Crippen LogP contribution in [0.4, 0.5) is 0 Å². The smallest absolute Gasteiger partial charge is 0.122 e. The van der Waals surface area contributed by atoms with Crippen molar-refractivity contribution in [3.63, 3.8) is 0 Å². The largest absolute Gasteiger partial charge is 0.493 e. The molecule has 0 aliphatic rings. The molecule has 2 nitrogen and oxygen atoms in total. The lowest BCUT2D eigenvalue weighted by molar-refractivity contribution is 0.300. The standard InChI is InChI=1S/C18H30BrNO/c1-14(2)17-13-16(19)9-10-18(17)21-12-8-6-5-7-11-20-15(3)4/h9-10,13-15,20H,5-8,11-12H2,1-4H3. The van der Waals surface area contributed by atoms with Gasteiger partial charge in [0.15, 0.2) is 0 Å². The Balaban J connectivity index is 2.21. The second-order valence-electron chi connectivity index (χ2n) is 6.21. The second kappa shape index (κ2) is 10.2. The van der Waals surface area contributed by atoms with Crippen LogP contribution < -0.4 is 10.1 Å². The van der Waals surface area contributed by atoms with E-state index in [0.717, 1.165) is 29.8 Å². The maximum Gasteiger partial charge on any atom is 0.122 e. The number of halogens is 1. The fraction of sp³-hybridized carbons (Fsp3) is 0.667. The van der Waals surface area contributed by atoms with Gasteiger partial charge in [0.05, 0.1) is 6.61 Å². The van der Waals surface area contributed by atoms with E-state index in [1.807, 2.05) is 0 Å². The summed E-state index contributed by atoms with van der Waals surface area (Å²) in [7, 11) is 0. The molecular formula is C18H30BrNO. The predicted molar refractivity (Wildman–Crippen MR) is 95.3 cm³/mol. The molecule has 0 amide bonds. The molecule has 1 rings (SSSR count). The number of rotatable bonds is 10. The van der Waals surface area contributed by atoms with Crippen LogP contribution in [0.3, 0.4) is 0 Å². The molecule has 0 saturated heterocycles. The molecule has 0 atom stereocenters. The van der Waals surface area contributed by atoms with E-state index in [1.165, 1.54) is 24.8 Å². The quantitative estimate of drug-likeness (QED) is 0.558. The van der Waals surface area contributed by atoms with Gasteiger partial charge in [0.1, 0.15) is 5.75 Å². The number of nitrogens with one attached hydrogen (secondary N) is 1. The van der Waals surface area contributed by atoms with Crippen LogP contribution in [0.15, 0.2) is 22.7 Å². The van der Waals surface area contributed by atoms with Gasteiger partial charge < -0.3 is 10.1 Å². The maximum atomic E-state index is 5.96. The fourth-order valence-electron chi connectivity index (χ4n) is 2.26. The minimum Gasteiger partial charge on any atom is -0.493 e. The molecule has 0 heterocycles. The summed E-state index contributed by atoms with van der Waals surface area (Å²) in [5.74, 6) is 1.52. The average Bonchev–Trinajstić information content (AvgIpc) is 2.42. The van der Waals surface area contributed by atoms with Gasteiger partial charge in [-0.15, -0.1) is 0 Å². The first-order valence-corrected chi connectivity index (χ1v) is 8.95. The van der Waals surface area contributed by atoms with E-state index in [0.29, 0.717) is 12.0 Å². The highest BCUT2D eigenvalue weighted by atomic mass is 79.9. The third-order valence-corrected chi connectivity index (χ3v) is 3.97. The summed E-state index contributed by atoms with van der Waals surface area (Å²) in [4.78, 5) is 0. The Morgan fingerprint density at radius 3 is 2.43 bits per heavy atom. The van der Waals surface area contributed by atoms with Gasteiger partial charge >= 0.3 is 0 Å². The van der Waals surface area contributed by atoms with Gasteiger partial charge in [-0.25, -0.2) is 0 Å². The van der Waals surface area contributed by atoms with E-state index in [-0.39, 0.29) is 0 Å². The molecular weight excluding hydrogens is 326 g/mol. The first-order valence-electron chi connectivity index (χ1n) is 8.16. The van der Waals surface area contributed by atoms with E-state index in [4.69, 9.17) is 4.74 Å². The third kappa shape index (κ3) is 7.87. The fourth-order valence-corrected chi connectivity index (χ4v) is 2.63. The Morgan fingerprint density at radius 1 is 1.05 bits per heavy atom. The predicted octanol–water partition coefficient (Wildman–Crippen LogP) is 5.51. The van der Waals surface area contributed by atoms with Gasteiger partial charge in [-0.2, -0.15) is 0 Å². The van der Waals surface area contributed by atoms with Crippen molar-refractivity contribution in [3.05, 3.63) is 28.2 Å². The molecule has 0 bridgehead atoms. The molecule has 0 fully saturated rings. The molecule has 0 spiro atoms. The molecule has 0 aromatic heterocycles. The van der Waals surface area contributed by atoms with Crippen LogP contribution in [-0.2, 0) is 0 Å². The molecule has 0 aliphatic carbocycles. The van der Waals surface area contributed by atoms with Crippen LogP contribution in [-0.4, -0.2) is 19.2 Å². The highest BCUT2D eigenvalue weighted by Gasteiger charge is 2.08. The number of unbranched alkanes of at least 4 members (excludes halogenated alkanes) is 3. The third-order valence-electron chi connectivity index (χ3n) is 3.48. The molecule has 0 unspecified atom stereocenters. The van der Waals surface area contributed by atoms with Crippen LogP contribution in [0, 0.1) is 0 Å². The lowest BCUT2D eigenvalue weighted by Crippen LogP contribution is -2.23. The van der Waals surface area contributed by atoms with Gasteiger partial charge in [0.2, 0.25) is 0 Å². The summed E-state index contributed by atoms with van der Waals surface area (Å²) in [5.41, 5.74) is 1.28. The lowest BCUT2D eigenvalue weighted by atomic mass is 10.0. The molecule has 3 heteroatoms. The number of hydrogen-bond acceptors (Lipinski definition) is 2. The lowest BCUT2D eigenvalue weighted by Gasteiger charge is -2.14. The number of benzene rings is 1. The van der Waals surface area contributed by atoms with E-state index in [1.54, 1.807) is 0 Å². The minimum atomic E-state index is 0.486. The van der Waals surface area contributed by atoms with Crippen LogP contribution in [0.1, 0.15) is 64.9 Å². The summed E-state index contributed by atoms with van der Waals surface area (Å²) < 4.78 is 7.08. The number of hydrogen-bond donors (Lipinski definition) is 1. The summed E-state index contributed by atoms with van der Waals surface area (Å²) in [6.45, 7) is 10.7. The van der Waals surface area contributed by atoms with Gasteiger partial charge in [-0.3, -0.25) is 0 Å². The zero-order valence-electron chi connectivity index (χ0n) is 13.9. The molecule has 1 aromatic rings. The second-order valence-corrected chi connectivity index (χ2v) is 7.12. The van der Waals surface area contributed by atoms with E-state index in [2.05, 4.69) is 67.1 Å². The van der Waals surface area contributed by atoms with Crippen molar-refractivity contribution in [1.82, 2.24) is 5.32 Å². The van der Waals surface area contributed by atoms with Crippen LogP contribution >= 0.6 is 15.9 Å². The monoisotopic (exact) mass is 355 g/mol. The molecule has 120 valence electrons. The van der Waals surface area contributed by atoms with E-state index >= 15 is 0 Å². The van der Waals surface area contributed by atoms with Crippen LogP contribution in [0.5, 0.6) is 5.75 Å². The molecule has 21 heavy (non-hydrogen) atoms. The van der Waals surface area contributed by atoms with Gasteiger partial charge in [-0.05, 0) is 49.1 Å². The Hall–Kier alpha value is -0.540. The number of ether oxygens (including phenoxy) is 1. The first-order chi connectivity index (χ1) is 10.0. The Bertz CT molecular complexity index is 404. The van der Waals surface area contributed by atoms with Crippen molar-refractivity contribution < 1.29 is 4.74 Å². The highest BCUT2D eigenvalue weighted by molar-refractivity contribution is 9.10. The summed E-state index contributed by atoms with van der Waals surface area (Å²) >= 11 is 3.53. The van der Waals surface area contributed by atoms with Crippen molar-refractivity contribution in [1.29, 1.82) is 0 Å². The zero-order valence-corrected chi connectivity index (χ0v) is 15.5. The average molecular weight is 356 g/mol. The summed E-state index contributed by atoms with van der Waals surface area (Å²) in [5, 5.41) is 3.45. The van der Waals surface area contributed by atoms with Gasteiger partial charge in [0, 0.05) is 10.5 Å². The SMILES string of the molecule is CC(C)NCCCCCCOc1ccc(Br)cc1C(C)C. The zero-order chi connectivity index (χ0) is 15.7. The van der Waals surface area contributed by atoms with Crippen molar-refractivity contribution in [3.8, 4) is 5.75 Å². The van der Waals surface area contributed by atoms with Crippen molar-refractivity contribution >= 4 is 15.9 Å². The molecule has 0 saturated carbocycles. The summed E-state index contributed by atoms with van der Waals surface area (Å²) in [6.07, 6.45) is 4.91. The topological polar surface area (TPSA) is 21.3 Å². The first kappa shape index (κ1) is 18.5. The van der Waals surface area contributed by atoms with E-state index < -0.39 is 0 Å². The van der Waals surface area contributed by atoms with Crippen molar-refractivity contribution in [2.75, 3.05) is 13.2 Å². The Morgan fingerprint density at radius 2 is 1.76 bits per heavy atom. The Kier molecular flexibility index (Phi) is 9.02. The normalized spacial score (nSPS) is 11.4. The highest BCUT2D eigenvalue weighted by Crippen LogP contribution is 2.29. The molecule has 0 radical (unpaired) electrons. The Labute approximate surface area is 138 Å². The molecule has 0 aliphatic heterocycles. The molecule has 1 aromatic carbocycles. The van der Waals surface area contributed by atoms with Crippen molar-refractivity contribution in [2.45, 2.75) is 65.3 Å². The maximum absolute atomic E-state index is 5.96. The molecule has 1 N–H and O–H groups in total. The summed E-state index contributed by atoms with van der Waals surface area (Å²) in [6, 6.07) is 6.89. The minimum absolute atomic E-state index is 0.486. The van der Waals surface area contributed by atoms with E-state index in [9.17, 15) is 0 Å². The van der Waals surface area contributed by atoms with Gasteiger partial charge in [0.25, 0.3) is 0 Å². The van der Waals surface area contributed by atoms with Crippen LogP contribution in [0.2, 0.25) is 0 Å². The van der Waals surface area contributed by atoms with Crippen molar-refractivity contribution in [2.24, 2.45) is 0 Å².